The molecule has 8 heteroatoms. The SMILES string of the molecule is CCNC(=NCC(CC)(CC)CCO)NCC#Cc1cccc(C(F)(F)F)c1.I. The number of aliphatic hydroxyl groups is 1. The molecule has 0 heterocycles. The van der Waals surface area contributed by atoms with Gasteiger partial charge in [0.15, 0.2) is 5.96 Å². The molecule has 0 aliphatic carbocycles. The first-order chi connectivity index (χ1) is 13.3. The fraction of sp³-hybridized carbons (Fsp3) is 0.571. The average molecular weight is 525 g/mol. The van der Waals surface area contributed by atoms with Crippen molar-refractivity contribution in [3.05, 3.63) is 35.4 Å². The van der Waals surface area contributed by atoms with Crippen LogP contribution in [0.3, 0.4) is 0 Å². The number of nitrogens with one attached hydrogen (secondary N) is 2. The standard InChI is InChI=1S/C21H30F3N3O.HI/c1-4-20(5-2,12-14-28)16-27-19(25-6-3)26-13-8-10-17-9-7-11-18(15-17)21(22,23)24;/h7,9,11,15,28H,4-6,12-14,16H2,1-3H3,(H2,25,26,27);1H. The van der Waals surface area contributed by atoms with Gasteiger partial charge in [0.25, 0.3) is 0 Å². The van der Waals surface area contributed by atoms with Crippen LogP contribution in [0.5, 0.6) is 0 Å². The summed E-state index contributed by atoms with van der Waals surface area (Å²) in [6.45, 7) is 7.78. The van der Waals surface area contributed by atoms with Crippen molar-refractivity contribution >= 4 is 29.9 Å². The summed E-state index contributed by atoms with van der Waals surface area (Å²) < 4.78 is 38.2. The molecule has 1 aromatic carbocycles. The van der Waals surface area contributed by atoms with Crippen LogP contribution in [0.4, 0.5) is 13.2 Å². The zero-order valence-electron chi connectivity index (χ0n) is 17.2. The van der Waals surface area contributed by atoms with E-state index in [9.17, 15) is 18.3 Å². The van der Waals surface area contributed by atoms with Crippen molar-refractivity contribution < 1.29 is 18.3 Å². The maximum absolute atomic E-state index is 12.7. The Labute approximate surface area is 188 Å². The van der Waals surface area contributed by atoms with E-state index < -0.39 is 11.7 Å². The maximum atomic E-state index is 12.7. The fourth-order valence-electron chi connectivity index (χ4n) is 2.78. The molecule has 1 rings (SSSR count). The molecule has 4 nitrogen and oxygen atoms in total. The lowest BCUT2D eigenvalue weighted by Crippen LogP contribution is -2.38. The Morgan fingerprint density at radius 3 is 2.38 bits per heavy atom. The molecule has 0 fully saturated rings. The number of benzene rings is 1. The Balaban J connectivity index is 0.00000784. The van der Waals surface area contributed by atoms with E-state index >= 15 is 0 Å². The Hall–Kier alpha value is -1.47. The molecule has 0 amide bonds. The number of aliphatic hydroxyl groups excluding tert-OH is 1. The van der Waals surface area contributed by atoms with Crippen LogP contribution < -0.4 is 10.6 Å². The van der Waals surface area contributed by atoms with Crippen molar-refractivity contribution in [2.75, 3.05) is 26.2 Å². The summed E-state index contributed by atoms with van der Waals surface area (Å²) in [7, 11) is 0. The molecule has 0 atom stereocenters. The molecule has 0 aliphatic rings. The third-order valence-corrected chi connectivity index (χ3v) is 4.83. The second-order valence-electron chi connectivity index (χ2n) is 6.61. The first-order valence-electron chi connectivity index (χ1n) is 9.59. The smallest absolute Gasteiger partial charge is 0.396 e. The molecule has 29 heavy (non-hydrogen) atoms. The van der Waals surface area contributed by atoms with Gasteiger partial charge in [-0.3, -0.25) is 4.99 Å². The summed E-state index contributed by atoms with van der Waals surface area (Å²) >= 11 is 0. The van der Waals surface area contributed by atoms with Gasteiger partial charge in [-0.2, -0.15) is 13.2 Å². The third kappa shape index (κ3) is 9.72. The lowest BCUT2D eigenvalue weighted by Gasteiger charge is -2.29. The Bertz CT molecular complexity index is 692. The number of hydrogen-bond acceptors (Lipinski definition) is 2. The predicted octanol–water partition coefficient (Wildman–Crippen LogP) is 4.42. The van der Waals surface area contributed by atoms with Crippen molar-refractivity contribution in [3.63, 3.8) is 0 Å². The van der Waals surface area contributed by atoms with Crippen molar-refractivity contribution in [2.45, 2.75) is 46.2 Å². The summed E-state index contributed by atoms with van der Waals surface area (Å²) in [5.74, 6) is 6.17. The molecule has 3 N–H and O–H groups in total. The zero-order chi connectivity index (χ0) is 21.0. The molecular formula is C21H31F3IN3O. The van der Waals surface area contributed by atoms with Crippen LogP contribution in [0.1, 0.15) is 51.2 Å². The van der Waals surface area contributed by atoms with Crippen molar-refractivity contribution in [3.8, 4) is 11.8 Å². The minimum atomic E-state index is -4.37. The Kier molecular flexibility index (Phi) is 13.0. The zero-order valence-corrected chi connectivity index (χ0v) is 19.5. The highest BCUT2D eigenvalue weighted by Gasteiger charge is 2.30. The normalized spacial score (nSPS) is 11.9. The van der Waals surface area contributed by atoms with Gasteiger partial charge in [-0.25, -0.2) is 0 Å². The minimum absolute atomic E-state index is 0. The van der Waals surface area contributed by atoms with Gasteiger partial charge in [0, 0.05) is 25.3 Å². The Morgan fingerprint density at radius 2 is 1.83 bits per heavy atom. The van der Waals surface area contributed by atoms with Gasteiger partial charge >= 0.3 is 6.18 Å². The summed E-state index contributed by atoms with van der Waals surface area (Å²) in [6.07, 6.45) is -1.84. The predicted molar refractivity (Wildman–Crippen MR) is 122 cm³/mol. The number of alkyl halides is 3. The van der Waals surface area contributed by atoms with E-state index in [2.05, 4.69) is 41.3 Å². The quantitative estimate of drug-likeness (QED) is 0.204. The number of nitrogens with zero attached hydrogens (tertiary/aromatic N) is 1. The van der Waals surface area contributed by atoms with Gasteiger partial charge < -0.3 is 15.7 Å². The number of hydrogen-bond donors (Lipinski definition) is 3. The number of rotatable bonds is 8. The second kappa shape index (κ2) is 13.7. The largest absolute Gasteiger partial charge is 0.416 e. The highest BCUT2D eigenvalue weighted by Crippen LogP contribution is 2.31. The fourth-order valence-corrected chi connectivity index (χ4v) is 2.78. The molecule has 0 bridgehead atoms. The van der Waals surface area contributed by atoms with Crippen molar-refractivity contribution in [1.82, 2.24) is 10.6 Å². The molecule has 0 saturated carbocycles. The van der Waals surface area contributed by atoms with Gasteiger partial charge in [-0.15, -0.1) is 24.0 Å². The number of aliphatic imine (C=N–C) groups is 1. The highest BCUT2D eigenvalue weighted by atomic mass is 127. The van der Waals surface area contributed by atoms with E-state index in [1.54, 1.807) is 6.07 Å². The van der Waals surface area contributed by atoms with Gasteiger partial charge in [-0.1, -0.05) is 31.8 Å². The first kappa shape index (κ1) is 27.5. The highest BCUT2D eigenvalue weighted by molar-refractivity contribution is 14.0. The maximum Gasteiger partial charge on any atom is 0.416 e. The van der Waals surface area contributed by atoms with E-state index in [0.717, 1.165) is 25.0 Å². The monoisotopic (exact) mass is 525 g/mol. The number of guanidine groups is 1. The van der Waals surface area contributed by atoms with E-state index in [4.69, 9.17) is 0 Å². The van der Waals surface area contributed by atoms with Gasteiger partial charge in [0.2, 0.25) is 0 Å². The third-order valence-electron chi connectivity index (χ3n) is 4.83. The minimum Gasteiger partial charge on any atom is -0.396 e. The van der Waals surface area contributed by atoms with Crippen molar-refractivity contribution in [1.29, 1.82) is 0 Å². The van der Waals surface area contributed by atoms with Gasteiger partial charge in [0.1, 0.15) is 0 Å². The van der Waals surface area contributed by atoms with Crippen LogP contribution >= 0.6 is 24.0 Å². The van der Waals surface area contributed by atoms with E-state index in [-0.39, 0.29) is 42.5 Å². The molecule has 1 aromatic rings. The van der Waals surface area contributed by atoms with E-state index in [1.807, 2.05) is 6.92 Å². The molecule has 0 spiro atoms. The number of halogens is 4. The topological polar surface area (TPSA) is 56.7 Å². The van der Waals surface area contributed by atoms with E-state index in [0.29, 0.717) is 31.0 Å². The van der Waals surface area contributed by atoms with Crippen LogP contribution in [0.2, 0.25) is 0 Å². The molecule has 0 radical (unpaired) electrons. The van der Waals surface area contributed by atoms with Crippen molar-refractivity contribution in [2.24, 2.45) is 10.4 Å². The van der Waals surface area contributed by atoms with Crippen LogP contribution in [-0.4, -0.2) is 37.3 Å². The molecule has 0 unspecified atom stereocenters. The summed E-state index contributed by atoms with van der Waals surface area (Å²) in [6, 6.07) is 4.97. The lowest BCUT2D eigenvalue weighted by atomic mass is 9.79. The lowest BCUT2D eigenvalue weighted by molar-refractivity contribution is -0.137. The van der Waals surface area contributed by atoms with E-state index in [1.165, 1.54) is 6.07 Å². The molecule has 0 aliphatic heterocycles. The second-order valence-corrected chi connectivity index (χ2v) is 6.61. The molecule has 164 valence electrons. The average Bonchev–Trinajstić information content (AvgIpc) is 2.68. The van der Waals surface area contributed by atoms with Crippen LogP contribution in [0.25, 0.3) is 0 Å². The molecule has 0 saturated heterocycles. The molecular weight excluding hydrogens is 494 g/mol. The summed E-state index contributed by atoms with van der Waals surface area (Å²) in [4.78, 5) is 4.60. The molecule has 0 aromatic heterocycles. The van der Waals surface area contributed by atoms with Crippen LogP contribution in [0, 0.1) is 17.3 Å². The van der Waals surface area contributed by atoms with Gasteiger partial charge in [0.05, 0.1) is 12.1 Å². The van der Waals surface area contributed by atoms with Crippen LogP contribution in [-0.2, 0) is 6.18 Å². The summed E-state index contributed by atoms with van der Waals surface area (Å²) in [5, 5.41) is 15.5. The first-order valence-corrected chi connectivity index (χ1v) is 9.59. The van der Waals surface area contributed by atoms with Gasteiger partial charge in [-0.05, 0) is 49.8 Å². The van der Waals surface area contributed by atoms with Crippen LogP contribution in [0.15, 0.2) is 29.3 Å². The Morgan fingerprint density at radius 1 is 1.14 bits per heavy atom. The summed E-state index contributed by atoms with van der Waals surface area (Å²) in [5.41, 5.74) is -0.431.